The van der Waals surface area contributed by atoms with Gasteiger partial charge in [-0.2, -0.15) is 5.10 Å². The zero-order valence-electron chi connectivity index (χ0n) is 10.2. The second-order valence-electron chi connectivity index (χ2n) is 5.22. The lowest BCUT2D eigenvalue weighted by atomic mass is 10.1. The number of nitrogens with one attached hydrogen (secondary N) is 1. The Balaban J connectivity index is 1.79. The number of likely N-dealkylation sites (tertiary alicyclic amines) is 1. The molecule has 0 radical (unpaired) electrons. The van der Waals surface area contributed by atoms with Crippen LogP contribution in [0.1, 0.15) is 47.8 Å². The average molecular weight is 250 g/mol. The molecular weight excluding hydrogens is 232 g/mol. The summed E-state index contributed by atoms with van der Waals surface area (Å²) in [6, 6.07) is 0. The van der Waals surface area contributed by atoms with Gasteiger partial charge in [-0.05, 0) is 25.7 Å². The maximum absolute atomic E-state index is 12.3. The van der Waals surface area contributed by atoms with E-state index in [4.69, 9.17) is 5.73 Å². The number of nitrogen functional groups attached to an aromatic ring is 1. The molecule has 1 saturated carbocycles. The van der Waals surface area contributed by atoms with Gasteiger partial charge in [0.05, 0.1) is 17.5 Å². The number of nitrogens with zero attached hydrogens (tertiary/aromatic N) is 2. The van der Waals surface area contributed by atoms with Crippen molar-refractivity contribution in [2.45, 2.75) is 37.7 Å². The first-order chi connectivity index (χ1) is 8.66. The number of hydrogen-bond acceptors (Lipinski definition) is 4. The van der Waals surface area contributed by atoms with Gasteiger partial charge in [-0.3, -0.25) is 9.89 Å². The first-order valence-electron chi connectivity index (χ1n) is 6.48. The smallest absolute Gasteiger partial charge is 0.276 e. The van der Waals surface area contributed by atoms with Gasteiger partial charge >= 0.3 is 0 Å². The highest BCUT2D eigenvalue weighted by Crippen LogP contribution is 2.42. The van der Waals surface area contributed by atoms with Crippen molar-refractivity contribution in [3.05, 3.63) is 11.4 Å². The summed E-state index contributed by atoms with van der Waals surface area (Å²) in [5.41, 5.74) is 7.68. The van der Waals surface area contributed by atoms with Crippen molar-refractivity contribution in [2.24, 2.45) is 0 Å². The Bertz CT molecular complexity index is 467. The van der Waals surface area contributed by atoms with Crippen LogP contribution < -0.4 is 5.73 Å². The van der Waals surface area contributed by atoms with Crippen LogP contribution >= 0.6 is 0 Å². The molecule has 0 aromatic carbocycles. The van der Waals surface area contributed by atoms with Gasteiger partial charge in [0.2, 0.25) is 0 Å². The molecule has 4 N–H and O–H groups in total. The second kappa shape index (κ2) is 4.28. The van der Waals surface area contributed by atoms with Gasteiger partial charge < -0.3 is 15.7 Å². The maximum atomic E-state index is 12.3. The molecule has 1 aliphatic carbocycles. The highest BCUT2D eigenvalue weighted by Gasteiger charge is 2.32. The second-order valence-corrected chi connectivity index (χ2v) is 5.22. The number of H-pyrrole nitrogens is 1. The van der Waals surface area contributed by atoms with E-state index in [0.29, 0.717) is 30.4 Å². The van der Waals surface area contributed by atoms with Gasteiger partial charge in [-0.15, -0.1) is 0 Å². The minimum atomic E-state index is -0.425. The van der Waals surface area contributed by atoms with Gasteiger partial charge in [0, 0.05) is 19.0 Å². The summed E-state index contributed by atoms with van der Waals surface area (Å²) in [5, 5.41) is 16.5. The molecule has 1 amide bonds. The molecule has 6 heteroatoms. The minimum Gasteiger partial charge on any atom is -0.395 e. The lowest BCUT2D eigenvalue weighted by Crippen LogP contribution is -2.42. The number of aromatic nitrogens is 2. The summed E-state index contributed by atoms with van der Waals surface area (Å²) in [6.45, 7) is 1.05. The number of rotatable bonds is 2. The lowest BCUT2D eigenvalue weighted by molar-refractivity contribution is 0.0470. The van der Waals surface area contributed by atoms with Crippen molar-refractivity contribution in [1.29, 1.82) is 0 Å². The molecule has 18 heavy (non-hydrogen) atoms. The van der Waals surface area contributed by atoms with Crippen molar-refractivity contribution >= 4 is 11.6 Å². The molecule has 2 heterocycles. The molecule has 1 saturated heterocycles. The predicted octanol–water partition coefficient (Wildman–Crippen LogP) is 0.466. The van der Waals surface area contributed by atoms with Crippen LogP contribution in [0, 0.1) is 0 Å². The average Bonchev–Trinajstić information content (AvgIpc) is 3.12. The number of amides is 1. The van der Waals surface area contributed by atoms with E-state index < -0.39 is 6.10 Å². The monoisotopic (exact) mass is 250 g/mol. The van der Waals surface area contributed by atoms with Crippen molar-refractivity contribution in [3.63, 3.8) is 0 Å². The fourth-order valence-electron chi connectivity index (χ4n) is 2.50. The van der Waals surface area contributed by atoms with Crippen LogP contribution in [0.3, 0.4) is 0 Å². The molecule has 1 aliphatic heterocycles. The topological polar surface area (TPSA) is 95.2 Å². The largest absolute Gasteiger partial charge is 0.395 e. The third kappa shape index (κ3) is 1.96. The number of β-amino-alcohol motifs (C(OH)–C–C–N with tert-alkyl or cyclic N) is 1. The maximum Gasteiger partial charge on any atom is 0.276 e. The highest BCUT2D eigenvalue weighted by molar-refractivity contribution is 5.97. The SMILES string of the molecule is Nc1c(C(=O)N2CCCC(O)C2)n[nH]c1C1CC1. The summed E-state index contributed by atoms with van der Waals surface area (Å²) in [4.78, 5) is 13.9. The van der Waals surface area contributed by atoms with E-state index >= 15 is 0 Å². The van der Waals surface area contributed by atoms with Crippen LogP contribution in [0.15, 0.2) is 0 Å². The molecule has 6 nitrogen and oxygen atoms in total. The summed E-state index contributed by atoms with van der Waals surface area (Å²) < 4.78 is 0. The quantitative estimate of drug-likeness (QED) is 0.711. The van der Waals surface area contributed by atoms with Crippen LogP contribution in [0.25, 0.3) is 0 Å². The van der Waals surface area contributed by atoms with E-state index in [0.717, 1.165) is 31.4 Å². The summed E-state index contributed by atoms with van der Waals surface area (Å²) >= 11 is 0. The Hall–Kier alpha value is -1.56. The van der Waals surface area contributed by atoms with Gasteiger partial charge in [0.1, 0.15) is 0 Å². The first-order valence-corrected chi connectivity index (χ1v) is 6.48. The zero-order chi connectivity index (χ0) is 12.7. The van der Waals surface area contributed by atoms with Gasteiger partial charge in [0.25, 0.3) is 5.91 Å². The van der Waals surface area contributed by atoms with E-state index in [1.807, 2.05) is 0 Å². The number of nitrogens with two attached hydrogens (primary N) is 1. The third-order valence-electron chi connectivity index (χ3n) is 3.71. The van der Waals surface area contributed by atoms with Crippen molar-refractivity contribution in [3.8, 4) is 0 Å². The number of carbonyl (C=O) groups is 1. The Morgan fingerprint density at radius 2 is 2.22 bits per heavy atom. The fraction of sp³-hybridized carbons (Fsp3) is 0.667. The van der Waals surface area contributed by atoms with Gasteiger partial charge in [-0.25, -0.2) is 0 Å². The van der Waals surface area contributed by atoms with Crippen LogP contribution in [-0.4, -0.2) is 45.3 Å². The summed E-state index contributed by atoms with van der Waals surface area (Å²) in [5.74, 6) is 0.278. The number of carbonyl (C=O) groups excluding carboxylic acids is 1. The molecule has 2 fully saturated rings. The summed E-state index contributed by atoms with van der Waals surface area (Å²) in [6.07, 6.45) is 3.39. The lowest BCUT2D eigenvalue weighted by Gasteiger charge is -2.29. The number of aromatic amines is 1. The van der Waals surface area contributed by atoms with E-state index in [1.54, 1.807) is 4.90 Å². The molecule has 98 valence electrons. The zero-order valence-corrected chi connectivity index (χ0v) is 10.2. The molecule has 0 bridgehead atoms. The Kier molecular flexibility index (Phi) is 2.74. The minimum absolute atomic E-state index is 0.172. The molecule has 1 unspecified atom stereocenters. The highest BCUT2D eigenvalue weighted by atomic mass is 16.3. The van der Waals surface area contributed by atoms with Crippen LogP contribution in [0.2, 0.25) is 0 Å². The molecule has 0 spiro atoms. The molecule has 2 aliphatic rings. The van der Waals surface area contributed by atoms with E-state index in [9.17, 15) is 9.90 Å². The molecule has 1 aromatic rings. The third-order valence-corrected chi connectivity index (χ3v) is 3.71. The van der Waals surface area contributed by atoms with E-state index in [2.05, 4.69) is 10.2 Å². The Labute approximate surface area is 105 Å². The van der Waals surface area contributed by atoms with Crippen LogP contribution in [0.5, 0.6) is 0 Å². The van der Waals surface area contributed by atoms with Crippen LogP contribution in [-0.2, 0) is 0 Å². The normalized spacial score (nSPS) is 24.3. The number of aliphatic hydroxyl groups is 1. The molecule has 3 rings (SSSR count). The standard InChI is InChI=1S/C12H18N4O2/c13-9-10(7-3-4-7)14-15-11(9)12(18)16-5-1-2-8(17)6-16/h7-8,17H,1-6,13H2,(H,14,15). The van der Waals surface area contributed by atoms with Crippen molar-refractivity contribution in [2.75, 3.05) is 18.8 Å². The number of hydrogen-bond donors (Lipinski definition) is 3. The Morgan fingerprint density at radius 3 is 2.89 bits per heavy atom. The summed E-state index contributed by atoms with van der Waals surface area (Å²) in [7, 11) is 0. The molecule has 1 aromatic heterocycles. The van der Waals surface area contributed by atoms with Crippen molar-refractivity contribution in [1.82, 2.24) is 15.1 Å². The molecular formula is C12H18N4O2. The number of aliphatic hydroxyl groups excluding tert-OH is 1. The fourth-order valence-corrected chi connectivity index (χ4v) is 2.50. The number of anilines is 1. The molecule has 1 atom stereocenters. The number of piperidine rings is 1. The van der Waals surface area contributed by atoms with Gasteiger partial charge in [-0.1, -0.05) is 0 Å². The van der Waals surface area contributed by atoms with Crippen molar-refractivity contribution < 1.29 is 9.90 Å². The van der Waals surface area contributed by atoms with E-state index in [-0.39, 0.29) is 5.91 Å². The van der Waals surface area contributed by atoms with Gasteiger partial charge in [0.15, 0.2) is 5.69 Å². The Morgan fingerprint density at radius 1 is 1.44 bits per heavy atom. The van der Waals surface area contributed by atoms with E-state index in [1.165, 1.54) is 0 Å². The van der Waals surface area contributed by atoms with Crippen LogP contribution in [0.4, 0.5) is 5.69 Å². The predicted molar refractivity (Wildman–Crippen MR) is 66.1 cm³/mol. The first kappa shape index (κ1) is 11.5.